The van der Waals surface area contributed by atoms with Gasteiger partial charge in [0.2, 0.25) is 0 Å². The van der Waals surface area contributed by atoms with E-state index < -0.39 is 0 Å². The van der Waals surface area contributed by atoms with E-state index in [4.69, 9.17) is 4.74 Å². The molecule has 1 aromatic heterocycles. The first kappa shape index (κ1) is 15.0. The first-order valence-corrected chi connectivity index (χ1v) is 8.62. The van der Waals surface area contributed by atoms with Crippen molar-refractivity contribution >= 4 is 38.7 Å². The first-order chi connectivity index (χ1) is 12.7. The fourth-order valence-electron chi connectivity index (χ4n) is 3.90. The average molecular weight is 339 g/mol. The molecule has 4 aromatic rings. The van der Waals surface area contributed by atoms with Gasteiger partial charge in [-0.3, -0.25) is 9.36 Å². The number of carbonyl (C=O) groups is 1. The Morgan fingerprint density at radius 3 is 2.46 bits per heavy atom. The largest absolute Gasteiger partial charge is 0.497 e. The summed E-state index contributed by atoms with van der Waals surface area (Å²) in [5.41, 5.74) is 4.64. The number of ether oxygens (including phenoxy) is 1. The summed E-state index contributed by atoms with van der Waals surface area (Å²) in [6, 6.07) is 22.3. The molecule has 0 amide bonds. The predicted octanol–water partition coefficient (Wildman–Crippen LogP) is 5.39. The van der Waals surface area contributed by atoms with Crippen molar-refractivity contribution in [3.8, 4) is 5.75 Å². The van der Waals surface area contributed by atoms with Gasteiger partial charge in [0.1, 0.15) is 5.75 Å². The standard InChI is InChI=1S/C23H17NO2/c1-14-21-13-18-12-19(26-2)9-10-20(18)24(21)23(25)22(14)17-8-7-15-5-3-4-6-16(15)11-17/h3-13H,1-2H3. The minimum absolute atomic E-state index is 0.0351. The van der Waals surface area contributed by atoms with Gasteiger partial charge in [-0.05, 0) is 59.2 Å². The fourth-order valence-corrected chi connectivity index (χ4v) is 3.90. The van der Waals surface area contributed by atoms with Gasteiger partial charge in [-0.25, -0.2) is 0 Å². The minimum atomic E-state index is 0.0351. The Kier molecular flexibility index (Phi) is 3.07. The van der Waals surface area contributed by atoms with Gasteiger partial charge in [-0.1, -0.05) is 36.4 Å². The maximum absolute atomic E-state index is 13.2. The van der Waals surface area contributed by atoms with Crippen LogP contribution in [0.5, 0.6) is 5.75 Å². The quantitative estimate of drug-likeness (QED) is 0.490. The second-order valence-corrected chi connectivity index (χ2v) is 6.66. The molecule has 1 aliphatic heterocycles. The van der Waals surface area contributed by atoms with Gasteiger partial charge < -0.3 is 4.74 Å². The molecule has 3 nitrogen and oxygen atoms in total. The van der Waals surface area contributed by atoms with E-state index in [0.29, 0.717) is 0 Å². The Morgan fingerprint density at radius 1 is 0.846 bits per heavy atom. The van der Waals surface area contributed by atoms with Crippen LogP contribution in [-0.2, 0) is 0 Å². The number of nitrogens with zero attached hydrogens (tertiary/aromatic N) is 1. The SMILES string of the molecule is COc1ccc2c(c1)cc1n2C(=O)C(c2ccc3ccccc3c2)=C1C. The summed E-state index contributed by atoms with van der Waals surface area (Å²) in [6.07, 6.45) is 0. The summed E-state index contributed by atoms with van der Waals surface area (Å²) < 4.78 is 7.12. The minimum Gasteiger partial charge on any atom is -0.497 e. The molecule has 0 atom stereocenters. The Balaban J connectivity index is 1.71. The third kappa shape index (κ3) is 1.97. The molecule has 3 heteroatoms. The number of hydrogen-bond acceptors (Lipinski definition) is 2. The van der Waals surface area contributed by atoms with Crippen LogP contribution in [-0.4, -0.2) is 17.6 Å². The summed E-state index contributed by atoms with van der Waals surface area (Å²) in [5, 5.41) is 3.34. The normalized spacial score (nSPS) is 13.7. The number of allylic oxidation sites excluding steroid dienone is 2. The highest BCUT2D eigenvalue weighted by molar-refractivity contribution is 6.33. The topological polar surface area (TPSA) is 31.2 Å². The van der Waals surface area contributed by atoms with Crippen molar-refractivity contribution in [1.29, 1.82) is 0 Å². The predicted molar refractivity (Wildman–Crippen MR) is 106 cm³/mol. The number of fused-ring (bicyclic) bond motifs is 4. The zero-order valence-corrected chi connectivity index (χ0v) is 14.6. The van der Waals surface area contributed by atoms with Crippen LogP contribution in [0.2, 0.25) is 0 Å². The van der Waals surface area contributed by atoms with Gasteiger partial charge in [-0.2, -0.15) is 0 Å². The van der Waals surface area contributed by atoms with Gasteiger partial charge in [0, 0.05) is 5.39 Å². The lowest BCUT2D eigenvalue weighted by Crippen LogP contribution is -2.08. The van der Waals surface area contributed by atoms with E-state index in [1.54, 1.807) is 7.11 Å². The molecule has 0 spiro atoms. The van der Waals surface area contributed by atoms with E-state index in [9.17, 15) is 4.79 Å². The highest BCUT2D eigenvalue weighted by Crippen LogP contribution is 2.39. The second-order valence-electron chi connectivity index (χ2n) is 6.66. The Morgan fingerprint density at radius 2 is 1.65 bits per heavy atom. The molecule has 0 aliphatic carbocycles. The number of aromatic nitrogens is 1. The van der Waals surface area contributed by atoms with Crippen molar-refractivity contribution in [3.63, 3.8) is 0 Å². The van der Waals surface area contributed by atoms with Crippen molar-refractivity contribution in [2.75, 3.05) is 7.11 Å². The van der Waals surface area contributed by atoms with E-state index in [1.807, 2.05) is 47.9 Å². The molecule has 26 heavy (non-hydrogen) atoms. The number of carbonyl (C=O) groups excluding carboxylic acids is 1. The molecule has 0 fully saturated rings. The van der Waals surface area contributed by atoms with Gasteiger partial charge in [-0.15, -0.1) is 0 Å². The first-order valence-electron chi connectivity index (χ1n) is 8.62. The van der Waals surface area contributed by atoms with E-state index in [2.05, 4.69) is 30.3 Å². The molecular weight excluding hydrogens is 322 g/mol. The zero-order chi connectivity index (χ0) is 17.8. The third-order valence-electron chi connectivity index (χ3n) is 5.22. The molecule has 2 heterocycles. The van der Waals surface area contributed by atoms with E-state index in [1.165, 1.54) is 5.39 Å². The third-order valence-corrected chi connectivity index (χ3v) is 5.22. The molecule has 126 valence electrons. The Labute approximate surface area is 151 Å². The maximum atomic E-state index is 13.2. The van der Waals surface area contributed by atoms with Crippen molar-refractivity contribution in [3.05, 3.63) is 78.0 Å². The summed E-state index contributed by atoms with van der Waals surface area (Å²) in [7, 11) is 1.65. The molecule has 0 unspecified atom stereocenters. The molecule has 1 aliphatic rings. The van der Waals surface area contributed by atoms with Crippen LogP contribution in [0.4, 0.5) is 0 Å². The lowest BCUT2D eigenvalue weighted by Gasteiger charge is -2.07. The van der Waals surface area contributed by atoms with E-state index >= 15 is 0 Å². The number of rotatable bonds is 2. The zero-order valence-electron chi connectivity index (χ0n) is 14.6. The average Bonchev–Trinajstić information content (AvgIpc) is 3.16. The van der Waals surface area contributed by atoms with Gasteiger partial charge in [0.15, 0.2) is 0 Å². The van der Waals surface area contributed by atoms with Crippen molar-refractivity contribution in [1.82, 2.24) is 4.57 Å². The van der Waals surface area contributed by atoms with Gasteiger partial charge in [0.25, 0.3) is 5.91 Å². The number of hydrogen-bond donors (Lipinski definition) is 0. The van der Waals surface area contributed by atoms with Crippen LogP contribution < -0.4 is 4.74 Å². The monoisotopic (exact) mass is 339 g/mol. The highest BCUT2D eigenvalue weighted by Gasteiger charge is 2.30. The molecule has 0 saturated heterocycles. The molecule has 0 bridgehead atoms. The van der Waals surface area contributed by atoms with Crippen molar-refractivity contribution < 1.29 is 9.53 Å². The fraction of sp³-hybridized carbons (Fsp3) is 0.0870. The number of benzene rings is 3. The summed E-state index contributed by atoms with van der Waals surface area (Å²) in [6.45, 7) is 2.03. The molecular formula is C23H17NO2. The molecule has 0 N–H and O–H groups in total. The molecule has 3 aromatic carbocycles. The maximum Gasteiger partial charge on any atom is 0.263 e. The highest BCUT2D eigenvalue weighted by atomic mass is 16.5. The van der Waals surface area contributed by atoms with Crippen LogP contribution in [0, 0.1) is 0 Å². The second kappa shape index (κ2) is 5.33. The molecule has 0 radical (unpaired) electrons. The molecule has 0 saturated carbocycles. The molecule has 5 rings (SSSR count). The van der Waals surface area contributed by atoms with Crippen LogP contribution >= 0.6 is 0 Å². The Hall–Kier alpha value is -3.33. The summed E-state index contributed by atoms with van der Waals surface area (Å²) >= 11 is 0. The lowest BCUT2D eigenvalue weighted by atomic mass is 9.97. The summed E-state index contributed by atoms with van der Waals surface area (Å²) in [5.74, 6) is 0.832. The van der Waals surface area contributed by atoms with Crippen LogP contribution in [0.25, 0.3) is 32.8 Å². The van der Waals surface area contributed by atoms with Crippen LogP contribution in [0.1, 0.15) is 23.0 Å². The van der Waals surface area contributed by atoms with E-state index in [0.717, 1.165) is 44.4 Å². The van der Waals surface area contributed by atoms with Crippen LogP contribution in [0.15, 0.2) is 66.7 Å². The summed E-state index contributed by atoms with van der Waals surface area (Å²) in [4.78, 5) is 13.2. The van der Waals surface area contributed by atoms with Gasteiger partial charge >= 0.3 is 0 Å². The van der Waals surface area contributed by atoms with Crippen LogP contribution in [0.3, 0.4) is 0 Å². The van der Waals surface area contributed by atoms with Gasteiger partial charge in [0.05, 0.1) is 23.9 Å². The number of methoxy groups -OCH3 is 1. The van der Waals surface area contributed by atoms with Crippen molar-refractivity contribution in [2.24, 2.45) is 0 Å². The van der Waals surface area contributed by atoms with Crippen molar-refractivity contribution in [2.45, 2.75) is 6.92 Å². The van der Waals surface area contributed by atoms with E-state index in [-0.39, 0.29) is 5.91 Å². The lowest BCUT2D eigenvalue weighted by molar-refractivity contribution is 0.0989. The smallest absolute Gasteiger partial charge is 0.263 e. The Bertz CT molecular complexity index is 1240.